The summed E-state index contributed by atoms with van der Waals surface area (Å²) >= 11 is 3.26. The highest BCUT2D eigenvalue weighted by Crippen LogP contribution is 2.19. The minimum atomic E-state index is -3.82. The fourth-order valence-corrected chi connectivity index (χ4v) is 2.95. The van der Waals surface area contributed by atoms with E-state index in [9.17, 15) is 17.2 Å². The van der Waals surface area contributed by atoms with E-state index in [0.717, 1.165) is 23.8 Å². The van der Waals surface area contributed by atoms with E-state index >= 15 is 0 Å². The lowest BCUT2D eigenvalue weighted by Gasteiger charge is -2.08. The van der Waals surface area contributed by atoms with Crippen LogP contribution in [0.3, 0.4) is 0 Å². The van der Waals surface area contributed by atoms with Crippen molar-refractivity contribution >= 4 is 31.6 Å². The van der Waals surface area contributed by atoms with Gasteiger partial charge in [0.1, 0.15) is 0 Å². The molecular formula is C13H10BrF2NO2S. The summed E-state index contributed by atoms with van der Waals surface area (Å²) in [5.41, 5.74) is 0.894. The normalized spacial score (nSPS) is 11.3. The molecule has 0 aliphatic rings. The van der Waals surface area contributed by atoms with E-state index in [4.69, 9.17) is 0 Å². The third-order valence-corrected chi connectivity index (χ3v) is 4.60. The van der Waals surface area contributed by atoms with Crippen LogP contribution in [0, 0.1) is 11.6 Å². The SMILES string of the molecule is O=S(=O)(Nc1ccc(F)c(F)c1)c1ccc(CBr)cc1. The number of anilines is 1. The molecule has 7 heteroatoms. The average molecular weight is 362 g/mol. The van der Waals surface area contributed by atoms with E-state index in [1.807, 2.05) is 0 Å². The highest BCUT2D eigenvalue weighted by atomic mass is 79.9. The first-order chi connectivity index (χ1) is 9.42. The quantitative estimate of drug-likeness (QED) is 0.844. The minimum absolute atomic E-state index is 0.0338. The summed E-state index contributed by atoms with van der Waals surface area (Å²) in [4.78, 5) is 0.0481. The Morgan fingerprint density at radius 3 is 2.20 bits per heavy atom. The zero-order valence-corrected chi connectivity index (χ0v) is 12.5. The predicted molar refractivity (Wildman–Crippen MR) is 76.2 cm³/mol. The van der Waals surface area contributed by atoms with Gasteiger partial charge in [0.2, 0.25) is 0 Å². The molecule has 3 nitrogen and oxygen atoms in total. The van der Waals surface area contributed by atoms with E-state index in [1.54, 1.807) is 12.1 Å². The molecule has 0 unspecified atom stereocenters. The van der Waals surface area contributed by atoms with Gasteiger partial charge in [0.15, 0.2) is 11.6 Å². The van der Waals surface area contributed by atoms with E-state index in [2.05, 4.69) is 20.7 Å². The Morgan fingerprint density at radius 1 is 1.00 bits per heavy atom. The van der Waals surface area contributed by atoms with Crippen LogP contribution >= 0.6 is 15.9 Å². The van der Waals surface area contributed by atoms with Crippen molar-refractivity contribution in [2.24, 2.45) is 0 Å². The highest BCUT2D eigenvalue weighted by molar-refractivity contribution is 9.08. The Hall–Kier alpha value is -1.47. The van der Waals surface area contributed by atoms with Crippen LogP contribution in [0.5, 0.6) is 0 Å². The number of hydrogen-bond acceptors (Lipinski definition) is 2. The molecule has 2 aromatic rings. The first-order valence-corrected chi connectivity index (χ1v) is 8.15. The number of sulfonamides is 1. The smallest absolute Gasteiger partial charge is 0.261 e. The van der Waals surface area contributed by atoms with Crippen LogP contribution in [0.4, 0.5) is 14.5 Å². The van der Waals surface area contributed by atoms with Gasteiger partial charge >= 0.3 is 0 Å². The molecule has 0 aromatic heterocycles. The Bertz CT molecular complexity index is 718. The third-order valence-electron chi connectivity index (χ3n) is 2.56. The number of benzene rings is 2. The summed E-state index contributed by atoms with van der Waals surface area (Å²) < 4.78 is 52.1. The van der Waals surface area contributed by atoms with E-state index in [-0.39, 0.29) is 10.6 Å². The van der Waals surface area contributed by atoms with Crippen molar-refractivity contribution in [3.63, 3.8) is 0 Å². The summed E-state index contributed by atoms with van der Waals surface area (Å²) in [5.74, 6) is -2.14. The molecule has 0 spiro atoms. The molecule has 2 rings (SSSR count). The van der Waals surface area contributed by atoms with E-state index in [1.165, 1.54) is 12.1 Å². The van der Waals surface area contributed by atoms with Crippen LogP contribution in [0.15, 0.2) is 47.4 Å². The van der Waals surface area contributed by atoms with Crippen LogP contribution in [0.1, 0.15) is 5.56 Å². The van der Waals surface area contributed by atoms with Gasteiger partial charge in [-0.2, -0.15) is 0 Å². The molecule has 0 heterocycles. The van der Waals surface area contributed by atoms with Gasteiger partial charge in [0.05, 0.1) is 10.6 Å². The van der Waals surface area contributed by atoms with Gasteiger partial charge in [-0.25, -0.2) is 17.2 Å². The molecule has 0 bridgehead atoms. The van der Waals surface area contributed by atoms with Crippen LogP contribution < -0.4 is 4.72 Å². The van der Waals surface area contributed by atoms with Gasteiger partial charge in [0.25, 0.3) is 10.0 Å². The van der Waals surface area contributed by atoms with Crippen LogP contribution in [0.2, 0.25) is 0 Å². The fourth-order valence-electron chi connectivity index (χ4n) is 1.53. The van der Waals surface area contributed by atoms with Crippen molar-refractivity contribution in [2.75, 3.05) is 4.72 Å². The first-order valence-electron chi connectivity index (χ1n) is 5.55. The van der Waals surface area contributed by atoms with Crippen LogP contribution in [-0.2, 0) is 15.4 Å². The summed E-state index contributed by atoms with van der Waals surface area (Å²) in [6, 6.07) is 9.02. The maximum Gasteiger partial charge on any atom is 0.261 e. The number of halogens is 3. The van der Waals surface area contributed by atoms with Crippen LogP contribution in [0.25, 0.3) is 0 Å². The molecule has 0 amide bonds. The number of rotatable bonds is 4. The van der Waals surface area contributed by atoms with Gasteiger partial charge < -0.3 is 0 Å². The third kappa shape index (κ3) is 3.34. The molecule has 0 aliphatic carbocycles. The number of nitrogens with one attached hydrogen (secondary N) is 1. The zero-order chi connectivity index (χ0) is 14.8. The molecule has 20 heavy (non-hydrogen) atoms. The Kier molecular flexibility index (Phi) is 4.39. The lowest BCUT2D eigenvalue weighted by Crippen LogP contribution is -2.13. The molecule has 0 fully saturated rings. The van der Waals surface area contributed by atoms with E-state index < -0.39 is 21.7 Å². The van der Waals surface area contributed by atoms with Gasteiger partial charge in [0, 0.05) is 11.4 Å². The van der Waals surface area contributed by atoms with Crippen molar-refractivity contribution in [2.45, 2.75) is 10.2 Å². The second-order valence-electron chi connectivity index (χ2n) is 4.01. The second kappa shape index (κ2) is 5.88. The number of alkyl halides is 1. The maximum atomic E-state index is 13.0. The molecule has 106 valence electrons. The summed E-state index contributed by atoms with van der Waals surface area (Å²) in [6.07, 6.45) is 0. The highest BCUT2D eigenvalue weighted by Gasteiger charge is 2.15. The molecule has 0 saturated carbocycles. The van der Waals surface area contributed by atoms with Gasteiger partial charge in [-0.3, -0.25) is 4.72 Å². The molecule has 2 aromatic carbocycles. The van der Waals surface area contributed by atoms with E-state index in [0.29, 0.717) is 5.33 Å². The van der Waals surface area contributed by atoms with Crippen molar-refractivity contribution in [1.29, 1.82) is 0 Å². The van der Waals surface area contributed by atoms with Crippen molar-refractivity contribution < 1.29 is 17.2 Å². The molecular weight excluding hydrogens is 352 g/mol. The maximum absolute atomic E-state index is 13.0. The second-order valence-corrected chi connectivity index (χ2v) is 6.26. The van der Waals surface area contributed by atoms with Crippen LogP contribution in [-0.4, -0.2) is 8.42 Å². The fraction of sp³-hybridized carbons (Fsp3) is 0.0769. The molecule has 0 radical (unpaired) electrons. The van der Waals surface area contributed by atoms with Gasteiger partial charge in [-0.1, -0.05) is 28.1 Å². The Morgan fingerprint density at radius 2 is 1.65 bits per heavy atom. The summed E-state index contributed by atoms with van der Waals surface area (Å²) in [7, 11) is -3.82. The average Bonchev–Trinajstić information content (AvgIpc) is 2.43. The standard InChI is InChI=1S/C13H10BrF2NO2S/c14-8-9-1-4-11(5-2-9)20(18,19)17-10-3-6-12(15)13(16)7-10/h1-7,17H,8H2. The predicted octanol–water partition coefficient (Wildman–Crippen LogP) is 3.66. The van der Waals surface area contributed by atoms with Crippen molar-refractivity contribution in [1.82, 2.24) is 0 Å². The lowest BCUT2D eigenvalue weighted by molar-refractivity contribution is 0.509. The summed E-state index contributed by atoms with van der Waals surface area (Å²) in [5, 5.41) is 0.615. The van der Waals surface area contributed by atoms with Crippen molar-refractivity contribution in [3.05, 3.63) is 59.7 Å². The zero-order valence-electron chi connectivity index (χ0n) is 10.1. The minimum Gasteiger partial charge on any atom is -0.280 e. The first kappa shape index (κ1) is 14.9. The summed E-state index contributed by atoms with van der Waals surface area (Å²) in [6.45, 7) is 0. The topological polar surface area (TPSA) is 46.2 Å². The monoisotopic (exact) mass is 361 g/mol. The van der Waals surface area contributed by atoms with Gasteiger partial charge in [-0.05, 0) is 29.8 Å². The number of hydrogen-bond donors (Lipinski definition) is 1. The Labute approximate surface area is 123 Å². The molecule has 1 N–H and O–H groups in total. The largest absolute Gasteiger partial charge is 0.280 e. The van der Waals surface area contributed by atoms with Gasteiger partial charge in [-0.15, -0.1) is 0 Å². The molecule has 0 aliphatic heterocycles. The molecule has 0 saturated heterocycles. The van der Waals surface area contributed by atoms with Crippen molar-refractivity contribution in [3.8, 4) is 0 Å². The molecule has 0 atom stereocenters. The lowest BCUT2D eigenvalue weighted by atomic mass is 10.2. The Balaban J connectivity index is 2.27.